The van der Waals surface area contributed by atoms with Crippen molar-refractivity contribution in [1.29, 1.82) is 0 Å². The summed E-state index contributed by atoms with van der Waals surface area (Å²) in [6.45, 7) is 4.99. The third-order valence-corrected chi connectivity index (χ3v) is 2.79. The minimum atomic E-state index is -0.721. The number of hydrogen-bond acceptors (Lipinski definition) is 5. The van der Waals surface area contributed by atoms with E-state index < -0.39 is 28.4 Å². The second-order valence-electron chi connectivity index (χ2n) is 4.66. The number of likely N-dealkylation sites (N-methyl/N-ethyl adjacent to an activating group) is 1. The molecule has 0 radical (unpaired) electrons. The monoisotopic (exact) mass is 284 g/mol. The lowest BCUT2D eigenvalue weighted by atomic mass is 10.2. The first kappa shape index (κ1) is 15.9. The predicted molar refractivity (Wildman–Crippen MR) is 72.1 cm³/mol. The molecule has 0 spiro atoms. The highest BCUT2D eigenvalue weighted by atomic mass is 19.1. The van der Waals surface area contributed by atoms with E-state index in [9.17, 15) is 19.3 Å². The second kappa shape index (κ2) is 6.31. The van der Waals surface area contributed by atoms with Crippen molar-refractivity contribution >= 4 is 17.3 Å². The number of nitro benzene ring substituents is 1. The number of benzene rings is 1. The third-order valence-electron chi connectivity index (χ3n) is 2.79. The number of hydrogen-bond donors (Lipinski definition) is 0. The molecule has 6 nitrogen and oxygen atoms in total. The number of esters is 1. The fraction of sp³-hybridized carbons (Fsp3) is 0.462. The minimum Gasteiger partial charge on any atom is -0.461 e. The van der Waals surface area contributed by atoms with E-state index in [-0.39, 0.29) is 11.8 Å². The Balaban J connectivity index is 3.05. The van der Waals surface area contributed by atoms with Gasteiger partial charge in [0.25, 0.3) is 5.69 Å². The predicted octanol–water partition coefficient (Wildman–Crippen LogP) is 2.51. The molecule has 0 aliphatic rings. The van der Waals surface area contributed by atoms with Gasteiger partial charge in [-0.05, 0) is 32.9 Å². The van der Waals surface area contributed by atoms with Gasteiger partial charge in [-0.2, -0.15) is 0 Å². The number of carbonyl (C=O) groups excluding carboxylic acids is 1. The van der Waals surface area contributed by atoms with Gasteiger partial charge in [0.15, 0.2) is 0 Å². The Morgan fingerprint density at radius 2 is 2.00 bits per heavy atom. The molecule has 20 heavy (non-hydrogen) atoms. The molecular weight excluding hydrogens is 267 g/mol. The number of ether oxygens (including phenoxy) is 1. The van der Waals surface area contributed by atoms with Gasteiger partial charge < -0.3 is 9.64 Å². The normalized spacial score (nSPS) is 12.1. The van der Waals surface area contributed by atoms with E-state index >= 15 is 0 Å². The fourth-order valence-electron chi connectivity index (χ4n) is 1.64. The summed E-state index contributed by atoms with van der Waals surface area (Å²) in [5.74, 6) is -1.20. The largest absolute Gasteiger partial charge is 0.461 e. The first-order valence-corrected chi connectivity index (χ1v) is 6.11. The molecule has 0 heterocycles. The van der Waals surface area contributed by atoms with Crippen molar-refractivity contribution < 1.29 is 18.8 Å². The number of nitrogens with zero attached hydrogens (tertiary/aromatic N) is 2. The zero-order valence-corrected chi connectivity index (χ0v) is 11.8. The molecule has 0 fully saturated rings. The maximum absolute atomic E-state index is 13.1. The van der Waals surface area contributed by atoms with Crippen LogP contribution in [0.25, 0.3) is 0 Å². The Hall–Kier alpha value is -2.18. The summed E-state index contributed by atoms with van der Waals surface area (Å²) >= 11 is 0. The zero-order chi connectivity index (χ0) is 15.4. The Morgan fingerprint density at radius 1 is 1.40 bits per heavy atom. The number of nitro groups is 1. The van der Waals surface area contributed by atoms with Crippen molar-refractivity contribution in [3.05, 3.63) is 34.1 Å². The summed E-state index contributed by atoms with van der Waals surface area (Å²) in [6.07, 6.45) is -0.276. The van der Waals surface area contributed by atoms with Gasteiger partial charge in [-0.25, -0.2) is 9.18 Å². The van der Waals surface area contributed by atoms with Crippen LogP contribution in [0.5, 0.6) is 0 Å². The van der Waals surface area contributed by atoms with Gasteiger partial charge >= 0.3 is 5.97 Å². The van der Waals surface area contributed by atoms with Gasteiger partial charge in [0.1, 0.15) is 17.5 Å². The van der Waals surface area contributed by atoms with Crippen LogP contribution in [0.1, 0.15) is 20.8 Å². The molecule has 0 saturated heterocycles. The van der Waals surface area contributed by atoms with E-state index in [0.29, 0.717) is 0 Å². The summed E-state index contributed by atoms with van der Waals surface area (Å²) in [7, 11) is 1.52. The fourth-order valence-corrected chi connectivity index (χ4v) is 1.64. The molecule has 0 N–H and O–H groups in total. The zero-order valence-electron chi connectivity index (χ0n) is 11.8. The second-order valence-corrected chi connectivity index (χ2v) is 4.66. The first-order valence-electron chi connectivity index (χ1n) is 6.11. The van der Waals surface area contributed by atoms with Gasteiger partial charge in [-0.1, -0.05) is 0 Å². The summed E-state index contributed by atoms with van der Waals surface area (Å²) in [4.78, 5) is 23.5. The molecule has 0 aliphatic heterocycles. The van der Waals surface area contributed by atoms with Crippen LogP contribution >= 0.6 is 0 Å². The van der Waals surface area contributed by atoms with Crippen LogP contribution in [0.3, 0.4) is 0 Å². The summed E-state index contributed by atoms with van der Waals surface area (Å²) in [5.41, 5.74) is -0.235. The molecule has 1 aromatic rings. The maximum Gasteiger partial charge on any atom is 0.328 e. The van der Waals surface area contributed by atoms with Crippen LogP contribution in [-0.2, 0) is 9.53 Å². The van der Waals surface area contributed by atoms with E-state index in [1.165, 1.54) is 18.0 Å². The van der Waals surface area contributed by atoms with E-state index in [2.05, 4.69) is 0 Å². The van der Waals surface area contributed by atoms with Crippen molar-refractivity contribution in [2.75, 3.05) is 11.9 Å². The van der Waals surface area contributed by atoms with Gasteiger partial charge in [0, 0.05) is 7.05 Å². The van der Waals surface area contributed by atoms with E-state index in [1.54, 1.807) is 20.8 Å². The molecular formula is C13H17FN2O4. The van der Waals surface area contributed by atoms with Crippen molar-refractivity contribution in [2.45, 2.75) is 32.9 Å². The molecule has 0 bridgehead atoms. The topological polar surface area (TPSA) is 72.7 Å². The highest BCUT2D eigenvalue weighted by Gasteiger charge is 2.26. The molecule has 0 aliphatic carbocycles. The van der Waals surface area contributed by atoms with Gasteiger partial charge in [0.05, 0.1) is 17.1 Å². The highest BCUT2D eigenvalue weighted by Crippen LogP contribution is 2.29. The average molecular weight is 284 g/mol. The number of anilines is 1. The molecule has 7 heteroatoms. The maximum atomic E-state index is 13.1. The van der Waals surface area contributed by atoms with Crippen molar-refractivity contribution in [3.63, 3.8) is 0 Å². The molecule has 0 amide bonds. The highest BCUT2D eigenvalue weighted by molar-refractivity contribution is 5.81. The number of halogens is 1. The van der Waals surface area contributed by atoms with Crippen LogP contribution in [0, 0.1) is 15.9 Å². The van der Waals surface area contributed by atoms with Crippen molar-refractivity contribution in [2.24, 2.45) is 0 Å². The smallest absolute Gasteiger partial charge is 0.328 e. The Morgan fingerprint density at radius 3 is 2.50 bits per heavy atom. The third kappa shape index (κ3) is 3.66. The van der Waals surface area contributed by atoms with Gasteiger partial charge in [0.2, 0.25) is 0 Å². The van der Waals surface area contributed by atoms with Crippen LogP contribution in [-0.4, -0.2) is 30.1 Å². The van der Waals surface area contributed by atoms with Gasteiger partial charge in [-0.3, -0.25) is 10.1 Å². The Kier molecular flexibility index (Phi) is 5.01. The Bertz CT molecular complexity index is 519. The molecule has 1 atom stereocenters. The summed E-state index contributed by atoms with van der Waals surface area (Å²) in [5, 5.41) is 10.9. The lowest BCUT2D eigenvalue weighted by Gasteiger charge is -2.25. The van der Waals surface area contributed by atoms with Crippen LogP contribution in [0.15, 0.2) is 18.2 Å². The summed E-state index contributed by atoms with van der Waals surface area (Å²) in [6, 6.07) is 2.49. The van der Waals surface area contributed by atoms with Crippen LogP contribution in [0.2, 0.25) is 0 Å². The molecule has 1 unspecified atom stereocenters. The number of carbonyl (C=O) groups is 1. The van der Waals surface area contributed by atoms with Crippen molar-refractivity contribution in [1.82, 2.24) is 0 Å². The SMILES string of the molecule is CC(C)OC(=O)C(C)N(C)c1ccc(F)cc1[N+](=O)[O-]. The molecule has 110 valence electrons. The van der Waals surface area contributed by atoms with E-state index in [0.717, 1.165) is 12.1 Å². The Labute approximate surface area is 116 Å². The molecule has 0 aromatic heterocycles. The average Bonchev–Trinajstić information content (AvgIpc) is 2.36. The lowest BCUT2D eigenvalue weighted by molar-refractivity contribution is -0.384. The van der Waals surface area contributed by atoms with Crippen LogP contribution in [0.4, 0.5) is 15.8 Å². The molecule has 0 saturated carbocycles. The minimum absolute atomic E-state index is 0.157. The van der Waals surface area contributed by atoms with E-state index in [4.69, 9.17) is 4.74 Å². The van der Waals surface area contributed by atoms with Crippen molar-refractivity contribution in [3.8, 4) is 0 Å². The van der Waals surface area contributed by atoms with Gasteiger partial charge in [-0.15, -0.1) is 0 Å². The van der Waals surface area contributed by atoms with Crippen LogP contribution < -0.4 is 4.90 Å². The summed E-state index contributed by atoms with van der Waals surface area (Å²) < 4.78 is 18.1. The molecule has 1 aromatic carbocycles. The molecule has 1 rings (SSSR count). The lowest BCUT2D eigenvalue weighted by Crippen LogP contribution is -2.38. The quantitative estimate of drug-likeness (QED) is 0.472. The first-order chi connectivity index (χ1) is 9.23. The van der Waals surface area contributed by atoms with E-state index in [1.807, 2.05) is 0 Å². The standard InChI is InChI=1S/C13H17FN2O4/c1-8(2)20-13(17)9(3)15(4)11-6-5-10(14)7-12(11)16(18)19/h5-9H,1-4H3. The number of rotatable bonds is 5.